The summed E-state index contributed by atoms with van der Waals surface area (Å²) in [5, 5.41) is 16.6. The molecule has 8 nitrogen and oxygen atoms in total. The minimum atomic E-state index is -1.96. The van der Waals surface area contributed by atoms with Gasteiger partial charge < -0.3 is 15.2 Å². The van der Waals surface area contributed by atoms with Crippen LogP contribution in [0.4, 0.5) is 10.1 Å². The molecule has 0 spiro atoms. The summed E-state index contributed by atoms with van der Waals surface area (Å²) in [6.07, 6.45) is 9.23. The second-order valence-electron chi connectivity index (χ2n) is 16.1. The zero-order valence-corrected chi connectivity index (χ0v) is 29.1. The van der Waals surface area contributed by atoms with Gasteiger partial charge in [0, 0.05) is 46.6 Å². The van der Waals surface area contributed by atoms with Gasteiger partial charge in [-0.25, -0.2) is 9.18 Å². The number of rotatable bonds is 7. The molecule has 2 N–H and O–H groups in total. The Morgan fingerprint density at radius 1 is 1.06 bits per heavy atom. The number of hydrogen-bond acceptors (Lipinski definition) is 7. The highest BCUT2D eigenvalue weighted by Crippen LogP contribution is 2.69. The standard InChI is InChI=1S/C42H43FN2O6/c1-23-15-34-33-10-8-28-18-30(46)11-13-41(28,3)42(33,43)36(48)20-40(34,2)37(23)35(47)22-51-39(50)26-6-4-5-25(16-26)31-19-32(31)38(49)45-29-9-7-27-21-44-14-12-24(27)17-29/h4-7,9,11-14,16-18,21,23,31-34,36-37,48H,8,10,15,19-20,22H2,1-3H3,(H,45,49)/t23-,31-,32-,33+,34+,36+,37-,40+,41+,42+/m1/s1. The van der Waals surface area contributed by atoms with Gasteiger partial charge in [0.15, 0.2) is 23.8 Å². The number of nitrogens with one attached hydrogen (secondary N) is 1. The van der Waals surface area contributed by atoms with E-state index in [9.17, 15) is 24.3 Å². The molecule has 0 aliphatic heterocycles. The molecule has 0 saturated heterocycles. The van der Waals surface area contributed by atoms with Crippen LogP contribution in [0, 0.1) is 40.4 Å². The van der Waals surface area contributed by atoms with Crippen molar-refractivity contribution in [1.82, 2.24) is 4.98 Å². The topological polar surface area (TPSA) is 123 Å². The summed E-state index contributed by atoms with van der Waals surface area (Å²) in [5.74, 6) is -2.52. The number of esters is 1. The first-order chi connectivity index (χ1) is 24.3. The summed E-state index contributed by atoms with van der Waals surface area (Å²) in [5.41, 5.74) is -1.09. The van der Waals surface area contributed by atoms with Crippen LogP contribution in [0.2, 0.25) is 0 Å². The molecule has 2 aromatic carbocycles. The number of Topliss-reactive ketones (excluding diaryl/α,β-unsaturated/α-hetero) is 1. The number of nitrogens with zero attached hydrogens (tertiary/aromatic N) is 1. The van der Waals surface area contributed by atoms with E-state index in [1.165, 1.54) is 12.2 Å². The molecule has 5 aliphatic carbocycles. The van der Waals surface area contributed by atoms with Gasteiger partial charge in [-0.2, -0.15) is 0 Å². The summed E-state index contributed by atoms with van der Waals surface area (Å²) < 4.78 is 23.1. The number of fused-ring (bicyclic) bond motifs is 6. The molecule has 8 rings (SSSR count). The summed E-state index contributed by atoms with van der Waals surface area (Å²) in [6, 6.07) is 14.6. The summed E-state index contributed by atoms with van der Waals surface area (Å²) in [6.45, 7) is 5.37. The van der Waals surface area contributed by atoms with Crippen molar-refractivity contribution in [2.24, 2.45) is 40.4 Å². The summed E-state index contributed by atoms with van der Waals surface area (Å²) in [4.78, 5) is 56.5. The van der Waals surface area contributed by atoms with Gasteiger partial charge in [0.2, 0.25) is 5.91 Å². The molecule has 10 atom stereocenters. The number of carbonyl (C=O) groups is 4. The minimum Gasteiger partial charge on any atom is -0.454 e. The predicted molar refractivity (Wildman–Crippen MR) is 189 cm³/mol. The van der Waals surface area contributed by atoms with Crippen molar-refractivity contribution >= 4 is 39.9 Å². The smallest absolute Gasteiger partial charge is 0.338 e. The Bertz CT molecular complexity index is 2040. The van der Waals surface area contributed by atoms with E-state index in [0.717, 1.165) is 21.9 Å². The molecule has 0 bridgehead atoms. The molecule has 4 fully saturated rings. The van der Waals surface area contributed by atoms with E-state index in [1.807, 2.05) is 44.2 Å². The highest BCUT2D eigenvalue weighted by atomic mass is 19.1. The number of amides is 1. The first-order valence-electron chi connectivity index (χ1n) is 18.1. The van der Waals surface area contributed by atoms with Crippen molar-refractivity contribution in [2.45, 2.75) is 70.6 Å². The zero-order chi connectivity index (χ0) is 35.9. The van der Waals surface area contributed by atoms with Gasteiger partial charge in [0.05, 0.1) is 11.7 Å². The molecule has 4 saturated carbocycles. The lowest BCUT2D eigenvalue weighted by Crippen LogP contribution is -2.66. The van der Waals surface area contributed by atoms with Gasteiger partial charge in [-0.05, 0) is 116 Å². The molecule has 1 amide bonds. The predicted octanol–water partition coefficient (Wildman–Crippen LogP) is 6.94. The number of ether oxygens (including phenoxy) is 1. The molecular formula is C42H43FN2O6. The third-order valence-corrected chi connectivity index (χ3v) is 13.3. The Hall–Kier alpha value is -4.50. The highest BCUT2D eigenvalue weighted by Gasteiger charge is 2.71. The maximum Gasteiger partial charge on any atom is 0.338 e. The van der Waals surface area contributed by atoms with Crippen LogP contribution in [0.25, 0.3) is 10.8 Å². The summed E-state index contributed by atoms with van der Waals surface area (Å²) >= 11 is 0. The van der Waals surface area contributed by atoms with Crippen LogP contribution in [0.5, 0.6) is 0 Å². The fourth-order valence-corrected chi connectivity index (χ4v) is 10.7. The molecule has 9 heteroatoms. The summed E-state index contributed by atoms with van der Waals surface area (Å²) in [7, 11) is 0. The van der Waals surface area contributed by atoms with Gasteiger partial charge in [-0.15, -0.1) is 0 Å². The van der Waals surface area contributed by atoms with E-state index in [-0.39, 0.29) is 47.6 Å². The monoisotopic (exact) mass is 690 g/mol. The average molecular weight is 691 g/mol. The quantitative estimate of drug-likeness (QED) is 0.258. The second kappa shape index (κ2) is 12.0. The van der Waals surface area contributed by atoms with Crippen molar-refractivity contribution in [2.75, 3.05) is 11.9 Å². The first-order valence-corrected chi connectivity index (χ1v) is 18.1. The Balaban J connectivity index is 0.915. The molecule has 5 aliphatic rings. The number of aromatic nitrogens is 1. The van der Waals surface area contributed by atoms with Crippen molar-refractivity contribution in [3.05, 3.63) is 95.9 Å². The molecule has 1 heterocycles. The van der Waals surface area contributed by atoms with Crippen molar-refractivity contribution in [3.63, 3.8) is 0 Å². The largest absolute Gasteiger partial charge is 0.454 e. The normalized spacial score (nSPS) is 36.4. The lowest BCUT2D eigenvalue weighted by atomic mass is 9.45. The number of aliphatic hydroxyl groups is 1. The van der Waals surface area contributed by atoms with Crippen LogP contribution >= 0.6 is 0 Å². The molecule has 0 radical (unpaired) electrons. The van der Waals surface area contributed by atoms with Crippen LogP contribution < -0.4 is 5.32 Å². The van der Waals surface area contributed by atoms with Crippen LogP contribution in [0.3, 0.4) is 0 Å². The maximum absolute atomic E-state index is 17.4. The van der Waals surface area contributed by atoms with E-state index in [2.05, 4.69) is 10.3 Å². The van der Waals surface area contributed by atoms with E-state index >= 15 is 4.39 Å². The highest BCUT2D eigenvalue weighted by molar-refractivity contribution is 6.01. The number of benzene rings is 2. The lowest BCUT2D eigenvalue weighted by molar-refractivity contribution is -0.196. The SMILES string of the molecule is C[C@@H]1C[C@H]2[C@@H]3CCC4=CC(=O)C=C[C@]4(C)[C@@]3(F)[C@@H](O)C[C@]2(C)[C@H]1C(=O)COC(=O)c1cccc([C@H]2C[C@H]2C(=O)Nc2ccc3cnccc3c2)c1. The average Bonchev–Trinajstić information content (AvgIpc) is 3.87. The van der Waals surface area contributed by atoms with Crippen molar-refractivity contribution in [3.8, 4) is 0 Å². The van der Waals surface area contributed by atoms with Gasteiger partial charge in [-0.1, -0.05) is 43.7 Å². The fraction of sp³-hybridized carbons (Fsp3) is 0.452. The Kier molecular flexibility index (Phi) is 7.94. The fourth-order valence-electron chi connectivity index (χ4n) is 10.7. The third-order valence-electron chi connectivity index (χ3n) is 13.3. The van der Waals surface area contributed by atoms with Crippen molar-refractivity contribution < 1.29 is 33.4 Å². The number of pyridine rings is 1. The number of hydrogen-bond donors (Lipinski definition) is 2. The number of anilines is 1. The number of aliphatic hydroxyl groups excluding tert-OH is 1. The van der Waals surface area contributed by atoms with Gasteiger partial charge in [0.1, 0.15) is 0 Å². The number of alkyl halides is 1. The molecule has 51 heavy (non-hydrogen) atoms. The molecular weight excluding hydrogens is 647 g/mol. The first kappa shape index (κ1) is 33.6. The maximum atomic E-state index is 17.4. The van der Waals surface area contributed by atoms with Crippen LogP contribution in [-0.2, 0) is 19.1 Å². The van der Waals surface area contributed by atoms with E-state index in [1.54, 1.807) is 43.6 Å². The van der Waals surface area contributed by atoms with Gasteiger partial charge >= 0.3 is 5.97 Å². The molecule has 264 valence electrons. The minimum absolute atomic E-state index is 0.0289. The number of allylic oxidation sites excluding steroid dienone is 4. The molecule has 3 aromatic rings. The van der Waals surface area contributed by atoms with Gasteiger partial charge in [-0.3, -0.25) is 19.4 Å². The van der Waals surface area contributed by atoms with Crippen molar-refractivity contribution in [1.29, 1.82) is 0 Å². The van der Waals surface area contributed by atoms with E-state index in [0.29, 0.717) is 36.9 Å². The number of halogens is 1. The number of carbonyl (C=O) groups excluding carboxylic acids is 4. The number of ketones is 2. The second-order valence-corrected chi connectivity index (χ2v) is 16.1. The van der Waals surface area contributed by atoms with Gasteiger partial charge in [0.25, 0.3) is 0 Å². The van der Waals surface area contributed by atoms with E-state index in [4.69, 9.17) is 4.74 Å². The Morgan fingerprint density at radius 2 is 1.88 bits per heavy atom. The Labute approximate surface area is 296 Å². The van der Waals surface area contributed by atoms with Crippen LogP contribution in [0.1, 0.15) is 74.7 Å². The molecule has 0 unspecified atom stereocenters. The lowest BCUT2D eigenvalue weighted by Gasteiger charge is -2.61. The Morgan fingerprint density at radius 3 is 2.71 bits per heavy atom. The van der Waals surface area contributed by atoms with Crippen LogP contribution in [-0.4, -0.2) is 51.9 Å². The van der Waals surface area contributed by atoms with E-state index < -0.39 is 47.0 Å². The molecule has 1 aromatic heterocycles. The zero-order valence-electron chi connectivity index (χ0n) is 29.1. The van der Waals surface area contributed by atoms with Crippen LogP contribution in [0.15, 0.2) is 84.7 Å². The third kappa shape index (κ3) is 5.30.